The first-order valence-electron chi connectivity index (χ1n) is 7.40. The van der Waals surface area contributed by atoms with Crippen LogP contribution in [0.4, 0.5) is 0 Å². The molecule has 0 aromatic carbocycles. The first-order chi connectivity index (χ1) is 9.14. The summed E-state index contributed by atoms with van der Waals surface area (Å²) in [5, 5.41) is 8.86. The molecule has 0 radical (unpaired) electrons. The summed E-state index contributed by atoms with van der Waals surface area (Å²) in [6.45, 7) is 6.64. The van der Waals surface area contributed by atoms with Crippen LogP contribution in [0.25, 0.3) is 0 Å². The van der Waals surface area contributed by atoms with Gasteiger partial charge in [-0.2, -0.15) is 0 Å². The van der Waals surface area contributed by atoms with Crippen molar-refractivity contribution >= 4 is 11.8 Å². The summed E-state index contributed by atoms with van der Waals surface area (Å²) in [6.07, 6.45) is 4.53. The average molecular weight is 269 g/mol. The third-order valence-electron chi connectivity index (χ3n) is 3.75. The fraction of sp³-hybridized carbons (Fsp3) is 0.857. The molecule has 110 valence electrons. The standard InChI is InChI=1S/C14H27N3O2/c1-3-5-14(6-9-15-10-7-14)13(19)17-11-12(18)16-8-4-2/h15H,3-11H2,1-2H3,(H,16,18)(H,17,19). The molecule has 0 atom stereocenters. The molecule has 0 spiro atoms. The molecule has 0 saturated carbocycles. The number of amides is 2. The smallest absolute Gasteiger partial charge is 0.239 e. The zero-order valence-corrected chi connectivity index (χ0v) is 12.2. The van der Waals surface area contributed by atoms with Crippen LogP contribution in [0, 0.1) is 5.41 Å². The molecule has 5 heteroatoms. The van der Waals surface area contributed by atoms with Crippen molar-refractivity contribution in [3.63, 3.8) is 0 Å². The molecule has 0 aromatic heterocycles. The Morgan fingerprint density at radius 1 is 1.11 bits per heavy atom. The van der Waals surface area contributed by atoms with Crippen molar-refractivity contribution in [1.29, 1.82) is 0 Å². The van der Waals surface area contributed by atoms with Crippen LogP contribution in [0.3, 0.4) is 0 Å². The average Bonchev–Trinajstić information content (AvgIpc) is 2.43. The van der Waals surface area contributed by atoms with Gasteiger partial charge in [0.1, 0.15) is 0 Å². The highest BCUT2D eigenvalue weighted by atomic mass is 16.2. The maximum absolute atomic E-state index is 12.4. The third kappa shape index (κ3) is 4.82. The molecule has 0 aliphatic carbocycles. The van der Waals surface area contributed by atoms with E-state index in [-0.39, 0.29) is 23.8 Å². The topological polar surface area (TPSA) is 70.2 Å². The normalized spacial score (nSPS) is 17.8. The van der Waals surface area contributed by atoms with Gasteiger partial charge in [0.2, 0.25) is 11.8 Å². The number of hydrogen-bond acceptors (Lipinski definition) is 3. The minimum atomic E-state index is -0.273. The Morgan fingerprint density at radius 2 is 1.79 bits per heavy atom. The second kappa shape index (κ2) is 8.15. The molecule has 19 heavy (non-hydrogen) atoms. The number of hydrogen-bond donors (Lipinski definition) is 3. The first kappa shape index (κ1) is 16.0. The molecule has 5 nitrogen and oxygen atoms in total. The van der Waals surface area contributed by atoms with Crippen molar-refractivity contribution in [2.75, 3.05) is 26.2 Å². The fourth-order valence-electron chi connectivity index (χ4n) is 2.65. The third-order valence-corrected chi connectivity index (χ3v) is 3.75. The van der Waals surface area contributed by atoms with E-state index in [1.807, 2.05) is 6.92 Å². The maximum atomic E-state index is 12.4. The van der Waals surface area contributed by atoms with E-state index in [1.54, 1.807) is 0 Å². The Bertz CT molecular complexity index is 294. The highest BCUT2D eigenvalue weighted by Crippen LogP contribution is 2.34. The van der Waals surface area contributed by atoms with E-state index >= 15 is 0 Å². The lowest BCUT2D eigenvalue weighted by Crippen LogP contribution is -2.49. The van der Waals surface area contributed by atoms with Crippen LogP contribution in [0.1, 0.15) is 46.0 Å². The second-order valence-corrected chi connectivity index (χ2v) is 5.31. The number of carbonyl (C=O) groups is 2. The van der Waals surface area contributed by atoms with Crippen LogP contribution in [0.15, 0.2) is 0 Å². The highest BCUT2D eigenvalue weighted by Gasteiger charge is 2.38. The molecule has 1 heterocycles. The maximum Gasteiger partial charge on any atom is 0.239 e. The Hall–Kier alpha value is -1.10. The van der Waals surface area contributed by atoms with Gasteiger partial charge in [0.25, 0.3) is 0 Å². The van der Waals surface area contributed by atoms with Crippen molar-refractivity contribution < 1.29 is 9.59 Å². The second-order valence-electron chi connectivity index (χ2n) is 5.31. The van der Waals surface area contributed by atoms with Crippen molar-refractivity contribution in [2.24, 2.45) is 5.41 Å². The molecule has 1 aliphatic heterocycles. The lowest BCUT2D eigenvalue weighted by atomic mass is 9.74. The van der Waals surface area contributed by atoms with Gasteiger partial charge in [-0.3, -0.25) is 9.59 Å². The van der Waals surface area contributed by atoms with E-state index in [2.05, 4.69) is 22.9 Å². The molecule has 3 N–H and O–H groups in total. The summed E-state index contributed by atoms with van der Waals surface area (Å²) in [6, 6.07) is 0. The van der Waals surface area contributed by atoms with E-state index in [0.717, 1.165) is 45.2 Å². The summed E-state index contributed by atoms with van der Waals surface area (Å²) in [5.74, 6) is -0.0571. The van der Waals surface area contributed by atoms with Gasteiger partial charge in [-0.25, -0.2) is 0 Å². The van der Waals surface area contributed by atoms with Gasteiger partial charge in [-0.1, -0.05) is 20.3 Å². The van der Waals surface area contributed by atoms with E-state index < -0.39 is 0 Å². The summed E-state index contributed by atoms with van der Waals surface area (Å²) in [5.41, 5.74) is -0.273. The predicted octanol–water partition coefficient (Wildman–Crippen LogP) is 0.799. The molecule has 0 unspecified atom stereocenters. The summed E-state index contributed by atoms with van der Waals surface area (Å²) in [7, 11) is 0. The minimum Gasteiger partial charge on any atom is -0.355 e. The SMILES string of the molecule is CCCNC(=O)CNC(=O)C1(CCC)CCNCC1. The van der Waals surface area contributed by atoms with Gasteiger partial charge in [-0.15, -0.1) is 0 Å². The number of rotatable bonds is 7. The van der Waals surface area contributed by atoms with Crippen molar-refractivity contribution in [3.8, 4) is 0 Å². The van der Waals surface area contributed by atoms with Gasteiger partial charge in [0.05, 0.1) is 12.0 Å². The van der Waals surface area contributed by atoms with Gasteiger partial charge in [-0.05, 0) is 38.8 Å². The number of carbonyl (C=O) groups excluding carboxylic acids is 2. The fourth-order valence-corrected chi connectivity index (χ4v) is 2.65. The van der Waals surface area contributed by atoms with E-state index in [1.165, 1.54) is 0 Å². The molecule has 1 fully saturated rings. The van der Waals surface area contributed by atoms with Crippen LogP contribution in [-0.2, 0) is 9.59 Å². The van der Waals surface area contributed by atoms with Crippen molar-refractivity contribution in [1.82, 2.24) is 16.0 Å². The number of nitrogens with one attached hydrogen (secondary N) is 3. The van der Waals surface area contributed by atoms with Gasteiger partial charge in [0.15, 0.2) is 0 Å². The summed E-state index contributed by atoms with van der Waals surface area (Å²) >= 11 is 0. The Labute approximate surface area is 115 Å². The molecular weight excluding hydrogens is 242 g/mol. The zero-order chi connectivity index (χ0) is 14.1. The molecule has 2 amide bonds. The van der Waals surface area contributed by atoms with Gasteiger partial charge < -0.3 is 16.0 Å². The van der Waals surface area contributed by atoms with Crippen molar-refractivity contribution in [3.05, 3.63) is 0 Å². The molecule has 1 saturated heterocycles. The highest BCUT2D eigenvalue weighted by molar-refractivity contribution is 5.87. The van der Waals surface area contributed by atoms with Crippen LogP contribution >= 0.6 is 0 Å². The minimum absolute atomic E-state index is 0.0440. The molecular formula is C14H27N3O2. The first-order valence-corrected chi connectivity index (χ1v) is 7.40. The van der Waals surface area contributed by atoms with Crippen molar-refractivity contribution in [2.45, 2.75) is 46.0 Å². The van der Waals surface area contributed by atoms with E-state index in [4.69, 9.17) is 0 Å². The van der Waals surface area contributed by atoms with Crippen LogP contribution in [0.5, 0.6) is 0 Å². The molecule has 1 rings (SSSR count). The Kier molecular flexibility index (Phi) is 6.84. The summed E-state index contributed by atoms with van der Waals surface area (Å²) < 4.78 is 0. The monoisotopic (exact) mass is 269 g/mol. The lowest BCUT2D eigenvalue weighted by molar-refractivity contribution is -0.135. The van der Waals surface area contributed by atoms with E-state index in [0.29, 0.717) is 6.54 Å². The quantitative estimate of drug-likeness (QED) is 0.640. The van der Waals surface area contributed by atoms with Gasteiger partial charge in [0, 0.05) is 6.54 Å². The number of piperidine rings is 1. The summed E-state index contributed by atoms with van der Waals surface area (Å²) in [4.78, 5) is 23.9. The predicted molar refractivity (Wildman–Crippen MR) is 75.8 cm³/mol. The van der Waals surface area contributed by atoms with Crippen LogP contribution < -0.4 is 16.0 Å². The van der Waals surface area contributed by atoms with Crippen LogP contribution in [0.2, 0.25) is 0 Å². The van der Waals surface area contributed by atoms with Crippen LogP contribution in [-0.4, -0.2) is 38.0 Å². The molecule has 0 aromatic rings. The Morgan fingerprint density at radius 3 is 2.37 bits per heavy atom. The largest absolute Gasteiger partial charge is 0.355 e. The van der Waals surface area contributed by atoms with E-state index in [9.17, 15) is 9.59 Å². The lowest BCUT2D eigenvalue weighted by Gasteiger charge is -2.36. The molecule has 1 aliphatic rings. The van der Waals surface area contributed by atoms with Gasteiger partial charge >= 0.3 is 0 Å². The zero-order valence-electron chi connectivity index (χ0n) is 12.2. The Balaban J connectivity index is 2.46. The molecule has 0 bridgehead atoms.